The van der Waals surface area contributed by atoms with Crippen molar-refractivity contribution in [2.75, 3.05) is 39.9 Å². The Morgan fingerprint density at radius 3 is 2.80 bits per heavy atom. The third-order valence-corrected chi connectivity index (χ3v) is 4.42. The highest BCUT2D eigenvalue weighted by molar-refractivity contribution is 5.85. The molecule has 3 unspecified atom stereocenters. The van der Waals surface area contributed by atoms with Gasteiger partial charge < -0.3 is 20.3 Å². The first-order valence-electron chi connectivity index (χ1n) is 7.34. The van der Waals surface area contributed by atoms with Gasteiger partial charge in [0.15, 0.2) is 0 Å². The van der Waals surface area contributed by atoms with Gasteiger partial charge in [0.25, 0.3) is 0 Å². The molecule has 0 bridgehead atoms. The summed E-state index contributed by atoms with van der Waals surface area (Å²) in [6.07, 6.45) is 0.720. The number of likely N-dealkylation sites (tertiary alicyclic amines) is 1. The number of hydrogen-bond acceptors (Lipinski definition) is 4. The standard InChI is InChI=1S/C14H25N3O3/c1-4-16-11-8-20-7-10(11)12(18)17-6-5-14(2,9-17)13(19)15-3/h10-11,16H,4-9H2,1-3H3,(H,15,19). The van der Waals surface area contributed by atoms with Gasteiger partial charge in [0.2, 0.25) is 11.8 Å². The minimum Gasteiger partial charge on any atom is -0.379 e. The molecular formula is C14H25N3O3. The van der Waals surface area contributed by atoms with Gasteiger partial charge in [-0.3, -0.25) is 9.59 Å². The van der Waals surface area contributed by atoms with Crippen molar-refractivity contribution in [2.45, 2.75) is 26.3 Å². The molecule has 2 rings (SSSR count). The number of amides is 2. The highest BCUT2D eigenvalue weighted by Gasteiger charge is 2.44. The van der Waals surface area contributed by atoms with Gasteiger partial charge in [0.05, 0.1) is 24.5 Å². The first-order valence-corrected chi connectivity index (χ1v) is 7.34. The van der Waals surface area contributed by atoms with E-state index < -0.39 is 5.41 Å². The van der Waals surface area contributed by atoms with E-state index in [4.69, 9.17) is 4.74 Å². The second kappa shape index (κ2) is 6.10. The molecular weight excluding hydrogens is 258 g/mol. The number of nitrogens with one attached hydrogen (secondary N) is 2. The van der Waals surface area contributed by atoms with Crippen LogP contribution in [-0.4, -0.2) is 62.7 Å². The third-order valence-electron chi connectivity index (χ3n) is 4.42. The van der Waals surface area contributed by atoms with E-state index in [2.05, 4.69) is 10.6 Å². The van der Waals surface area contributed by atoms with E-state index in [0.29, 0.717) is 26.3 Å². The molecule has 2 aliphatic heterocycles. The van der Waals surface area contributed by atoms with Crippen LogP contribution in [0.2, 0.25) is 0 Å². The van der Waals surface area contributed by atoms with Gasteiger partial charge in [-0.25, -0.2) is 0 Å². The lowest BCUT2D eigenvalue weighted by molar-refractivity contribution is -0.136. The lowest BCUT2D eigenvalue weighted by Gasteiger charge is -2.26. The molecule has 2 heterocycles. The minimum atomic E-state index is -0.461. The highest BCUT2D eigenvalue weighted by Crippen LogP contribution is 2.31. The predicted octanol–water partition coefficient (Wildman–Crippen LogP) is -0.404. The van der Waals surface area contributed by atoms with Crippen LogP contribution in [0, 0.1) is 11.3 Å². The summed E-state index contributed by atoms with van der Waals surface area (Å²) in [6, 6.07) is 0.0966. The molecule has 0 aliphatic carbocycles. The third kappa shape index (κ3) is 2.81. The van der Waals surface area contributed by atoms with Gasteiger partial charge in [-0.2, -0.15) is 0 Å². The zero-order valence-electron chi connectivity index (χ0n) is 12.6. The molecule has 2 saturated heterocycles. The lowest BCUT2D eigenvalue weighted by Crippen LogP contribution is -2.46. The Hall–Kier alpha value is -1.14. The molecule has 2 aliphatic rings. The highest BCUT2D eigenvalue weighted by atomic mass is 16.5. The summed E-state index contributed by atoms with van der Waals surface area (Å²) in [5, 5.41) is 5.99. The van der Waals surface area contributed by atoms with Crippen LogP contribution in [0.15, 0.2) is 0 Å². The molecule has 0 radical (unpaired) electrons. The lowest BCUT2D eigenvalue weighted by atomic mass is 9.89. The number of likely N-dealkylation sites (N-methyl/N-ethyl adjacent to an activating group) is 1. The van der Waals surface area contributed by atoms with Crippen LogP contribution < -0.4 is 10.6 Å². The SMILES string of the molecule is CCNC1COCC1C(=O)N1CCC(C)(C(=O)NC)C1. The van der Waals surface area contributed by atoms with Gasteiger partial charge in [0, 0.05) is 26.2 Å². The molecule has 6 nitrogen and oxygen atoms in total. The second-order valence-corrected chi connectivity index (χ2v) is 5.96. The maximum absolute atomic E-state index is 12.6. The number of nitrogens with zero attached hydrogens (tertiary/aromatic N) is 1. The Morgan fingerprint density at radius 1 is 1.40 bits per heavy atom. The van der Waals surface area contributed by atoms with Crippen molar-refractivity contribution in [3.8, 4) is 0 Å². The molecule has 0 aromatic carbocycles. The molecule has 3 atom stereocenters. The molecule has 0 aromatic rings. The van der Waals surface area contributed by atoms with E-state index in [9.17, 15) is 9.59 Å². The number of carbonyl (C=O) groups excluding carboxylic acids is 2. The Kier molecular flexibility index (Phi) is 4.65. The van der Waals surface area contributed by atoms with Crippen molar-refractivity contribution in [1.29, 1.82) is 0 Å². The van der Waals surface area contributed by atoms with Crippen molar-refractivity contribution in [3.63, 3.8) is 0 Å². The van der Waals surface area contributed by atoms with Gasteiger partial charge in [0.1, 0.15) is 0 Å². The number of ether oxygens (including phenoxy) is 1. The average molecular weight is 283 g/mol. The maximum Gasteiger partial charge on any atom is 0.229 e. The van der Waals surface area contributed by atoms with Crippen LogP contribution in [0.5, 0.6) is 0 Å². The summed E-state index contributed by atoms with van der Waals surface area (Å²) in [7, 11) is 1.64. The topological polar surface area (TPSA) is 70.7 Å². The summed E-state index contributed by atoms with van der Waals surface area (Å²) in [5.41, 5.74) is -0.461. The van der Waals surface area contributed by atoms with Gasteiger partial charge in [-0.1, -0.05) is 6.92 Å². The van der Waals surface area contributed by atoms with Crippen LogP contribution >= 0.6 is 0 Å². The Morgan fingerprint density at radius 2 is 2.15 bits per heavy atom. The van der Waals surface area contributed by atoms with Crippen molar-refractivity contribution in [2.24, 2.45) is 11.3 Å². The largest absolute Gasteiger partial charge is 0.379 e. The van der Waals surface area contributed by atoms with Crippen LogP contribution in [0.3, 0.4) is 0 Å². The molecule has 0 spiro atoms. The Labute approximate surface area is 120 Å². The molecule has 114 valence electrons. The molecule has 0 aromatic heterocycles. The normalized spacial score (nSPS) is 33.5. The molecule has 0 saturated carbocycles. The Bertz CT molecular complexity index is 388. The molecule has 6 heteroatoms. The molecule has 2 fully saturated rings. The first kappa shape index (κ1) is 15.3. The van der Waals surface area contributed by atoms with Crippen molar-refractivity contribution >= 4 is 11.8 Å². The fraction of sp³-hybridized carbons (Fsp3) is 0.857. The summed E-state index contributed by atoms with van der Waals surface area (Å²) in [5.74, 6) is 0.00164. The van der Waals surface area contributed by atoms with Gasteiger partial charge in [-0.05, 0) is 19.9 Å². The minimum absolute atomic E-state index is 0.0127. The van der Waals surface area contributed by atoms with E-state index in [1.54, 1.807) is 7.05 Å². The zero-order valence-corrected chi connectivity index (χ0v) is 12.6. The van der Waals surface area contributed by atoms with Gasteiger partial charge >= 0.3 is 0 Å². The number of hydrogen-bond donors (Lipinski definition) is 2. The fourth-order valence-corrected chi connectivity index (χ4v) is 3.13. The summed E-state index contributed by atoms with van der Waals surface area (Å²) >= 11 is 0. The van der Waals surface area contributed by atoms with E-state index >= 15 is 0 Å². The fourth-order valence-electron chi connectivity index (χ4n) is 3.13. The summed E-state index contributed by atoms with van der Waals surface area (Å²) in [4.78, 5) is 26.3. The van der Waals surface area contributed by atoms with Crippen molar-refractivity contribution < 1.29 is 14.3 Å². The Balaban J connectivity index is 1.99. The van der Waals surface area contributed by atoms with Crippen LogP contribution in [-0.2, 0) is 14.3 Å². The molecule has 20 heavy (non-hydrogen) atoms. The first-order chi connectivity index (χ1) is 9.51. The van der Waals surface area contributed by atoms with Crippen LogP contribution in [0.25, 0.3) is 0 Å². The number of rotatable bonds is 4. The van der Waals surface area contributed by atoms with Crippen LogP contribution in [0.4, 0.5) is 0 Å². The van der Waals surface area contributed by atoms with E-state index in [1.807, 2.05) is 18.7 Å². The van der Waals surface area contributed by atoms with E-state index in [1.165, 1.54) is 0 Å². The zero-order chi connectivity index (χ0) is 14.8. The van der Waals surface area contributed by atoms with Crippen LogP contribution in [0.1, 0.15) is 20.3 Å². The molecule has 2 amide bonds. The average Bonchev–Trinajstić information content (AvgIpc) is 3.05. The quantitative estimate of drug-likeness (QED) is 0.736. The maximum atomic E-state index is 12.6. The predicted molar refractivity (Wildman–Crippen MR) is 75.1 cm³/mol. The van der Waals surface area contributed by atoms with Crippen molar-refractivity contribution in [1.82, 2.24) is 15.5 Å². The van der Waals surface area contributed by atoms with E-state index in [0.717, 1.165) is 13.0 Å². The number of carbonyl (C=O) groups is 2. The summed E-state index contributed by atoms with van der Waals surface area (Å²) < 4.78 is 5.43. The smallest absolute Gasteiger partial charge is 0.229 e. The van der Waals surface area contributed by atoms with Crippen molar-refractivity contribution in [3.05, 3.63) is 0 Å². The molecule has 2 N–H and O–H groups in total. The second-order valence-electron chi connectivity index (χ2n) is 5.96. The van der Waals surface area contributed by atoms with E-state index in [-0.39, 0.29) is 23.8 Å². The van der Waals surface area contributed by atoms with Gasteiger partial charge in [-0.15, -0.1) is 0 Å². The monoisotopic (exact) mass is 283 g/mol. The summed E-state index contributed by atoms with van der Waals surface area (Å²) in [6.45, 7) is 6.99.